The van der Waals surface area contributed by atoms with Crippen LogP contribution in [0.4, 0.5) is 0 Å². The smallest absolute Gasteiger partial charge is 0.191 e. The molecule has 0 saturated heterocycles. The number of ether oxygens (including phenoxy) is 2. The van der Waals surface area contributed by atoms with Crippen molar-refractivity contribution < 1.29 is 14.0 Å². The standard InChI is InChI=1S/C22H34N4O3/c1-8-27-19-11-10-18(12-20(19)28-9-2)15(4)25-22(23-7)24-13-14(3)21-16(5)26-29-17(21)6/h10-12,14-15H,8-9,13H2,1-7H3,(H2,23,24,25). The number of rotatable bonds is 9. The molecule has 1 heterocycles. The minimum atomic E-state index is 0.0467. The summed E-state index contributed by atoms with van der Waals surface area (Å²) in [7, 11) is 1.77. The zero-order chi connectivity index (χ0) is 21.4. The Morgan fingerprint density at radius 1 is 1.14 bits per heavy atom. The van der Waals surface area contributed by atoms with Gasteiger partial charge in [-0.1, -0.05) is 18.1 Å². The predicted octanol–water partition coefficient (Wildman–Crippen LogP) is 4.12. The van der Waals surface area contributed by atoms with E-state index in [-0.39, 0.29) is 12.0 Å². The third-order valence-corrected chi connectivity index (χ3v) is 4.80. The van der Waals surface area contributed by atoms with E-state index in [9.17, 15) is 0 Å². The number of benzene rings is 1. The van der Waals surface area contributed by atoms with Gasteiger partial charge in [0.2, 0.25) is 0 Å². The highest BCUT2D eigenvalue weighted by molar-refractivity contribution is 5.80. The summed E-state index contributed by atoms with van der Waals surface area (Å²) in [6.07, 6.45) is 0. The van der Waals surface area contributed by atoms with Crippen molar-refractivity contribution in [3.05, 3.63) is 40.8 Å². The molecule has 0 spiro atoms. The van der Waals surface area contributed by atoms with Crippen molar-refractivity contribution in [1.82, 2.24) is 15.8 Å². The summed E-state index contributed by atoms with van der Waals surface area (Å²) in [4.78, 5) is 4.36. The Morgan fingerprint density at radius 3 is 2.41 bits per heavy atom. The second-order valence-electron chi connectivity index (χ2n) is 7.03. The lowest BCUT2D eigenvalue weighted by molar-refractivity contribution is 0.287. The van der Waals surface area contributed by atoms with Crippen LogP contribution in [0.5, 0.6) is 11.5 Å². The lowest BCUT2D eigenvalue weighted by Gasteiger charge is -2.21. The van der Waals surface area contributed by atoms with Crippen LogP contribution in [0.1, 0.15) is 62.2 Å². The van der Waals surface area contributed by atoms with Crippen molar-refractivity contribution in [2.45, 2.75) is 53.5 Å². The topological polar surface area (TPSA) is 80.9 Å². The van der Waals surface area contributed by atoms with Gasteiger partial charge < -0.3 is 24.6 Å². The Morgan fingerprint density at radius 2 is 1.83 bits per heavy atom. The number of hydrogen-bond donors (Lipinski definition) is 2. The fraction of sp³-hybridized carbons (Fsp3) is 0.545. The molecular weight excluding hydrogens is 368 g/mol. The highest BCUT2D eigenvalue weighted by Gasteiger charge is 2.17. The van der Waals surface area contributed by atoms with Gasteiger partial charge in [-0.25, -0.2) is 0 Å². The van der Waals surface area contributed by atoms with Crippen LogP contribution in [0.2, 0.25) is 0 Å². The second kappa shape index (κ2) is 10.7. The number of nitrogens with one attached hydrogen (secondary N) is 2. The van der Waals surface area contributed by atoms with Crippen LogP contribution < -0.4 is 20.1 Å². The lowest BCUT2D eigenvalue weighted by atomic mass is 10.00. The molecule has 7 nitrogen and oxygen atoms in total. The average Bonchev–Trinajstić information content (AvgIpc) is 3.04. The Labute approximate surface area is 173 Å². The van der Waals surface area contributed by atoms with Gasteiger partial charge in [-0.05, 0) is 52.3 Å². The zero-order valence-corrected chi connectivity index (χ0v) is 18.6. The van der Waals surface area contributed by atoms with E-state index in [2.05, 4.69) is 34.6 Å². The van der Waals surface area contributed by atoms with Crippen LogP contribution in [0.15, 0.2) is 27.7 Å². The molecule has 1 aromatic carbocycles. The summed E-state index contributed by atoms with van der Waals surface area (Å²) in [6.45, 7) is 14.0. The fourth-order valence-electron chi connectivity index (χ4n) is 3.37. The Hall–Kier alpha value is -2.70. The average molecular weight is 403 g/mol. The van der Waals surface area contributed by atoms with Crippen molar-refractivity contribution in [1.29, 1.82) is 0 Å². The first kappa shape index (κ1) is 22.6. The van der Waals surface area contributed by atoms with Crippen LogP contribution in [0, 0.1) is 13.8 Å². The molecule has 0 radical (unpaired) electrons. The van der Waals surface area contributed by atoms with E-state index in [1.54, 1.807) is 7.05 Å². The monoisotopic (exact) mass is 402 g/mol. The summed E-state index contributed by atoms with van der Waals surface area (Å²) in [5, 5.41) is 10.9. The van der Waals surface area contributed by atoms with E-state index in [0.29, 0.717) is 13.2 Å². The zero-order valence-electron chi connectivity index (χ0n) is 18.6. The Balaban J connectivity index is 2.02. The highest BCUT2D eigenvalue weighted by atomic mass is 16.5. The number of aromatic nitrogens is 1. The number of aliphatic imine (C=N–C) groups is 1. The van der Waals surface area contributed by atoms with Crippen LogP contribution in [0.3, 0.4) is 0 Å². The van der Waals surface area contributed by atoms with Crippen molar-refractivity contribution in [2.75, 3.05) is 26.8 Å². The van der Waals surface area contributed by atoms with Crippen molar-refractivity contribution in [3.63, 3.8) is 0 Å². The molecule has 2 rings (SSSR count). The molecule has 7 heteroatoms. The van der Waals surface area contributed by atoms with Gasteiger partial charge in [0.05, 0.1) is 24.9 Å². The van der Waals surface area contributed by atoms with Gasteiger partial charge in [0.15, 0.2) is 17.5 Å². The van der Waals surface area contributed by atoms with Gasteiger partial charge in [0.25, 0.3) is 0 Å². The van der Waals surface area contributed by atoms with Crippen molar-refractivity contribution >= 4 is 5.96 Å². The molecule has 2 unspecified atom stereocenters. The number of hydrogen-bond acceptors (Lipinski definition) is 5. The molecule has 2 N–H and O–H groups in total. The van der Waals surface area contributed by atoms with Crippen LogP contribution in [0.25, 0.3) is 0 Å². The maximum Gasteiger partial charge on any atom is 0.191 e. The maximum absolute atomic E-state index is 5.74. The van der Waals surface area contributed by atoms with E-state index in [1.807, 2.05) is 45.9 Å². The SMILES string of the molecule is CCOc1ccc(C(C)NC(=NC)NCC(C)c2c(C)noc2C)cc1OCC. The van der Waals surface area contributed by atoms with E-state index < -0.39 is 0 Å². The number of aryl methyl sites for hydroxylation is 2. The molecule has 0 bridgehead atoms. The molecule has 0 fully saturated rings. The number of guanidine groups is 1. The third kappa shape index (κ3) is 5.89. The largest absolute Gasteiger partial charge is 0.490 e. The van der Waals surface area contributed by atoms with Crippen LogP contribution in [-0.4, -0.2) is 37.9 Å². The first-order chi connectivity index (χ1) is 13.9. The molecular formula is C22H34N4O3. The minimum Gasteiger partial charge on any atom is -0.490 e. The molecule has 0 saturated carbocycles. The molecule has 0 aliphatic rings. The number of nitrogens with zero attached hydrogens (tertiary/aromatic N) is 2. The van der Waals surface area contributed by atoms with E-state index in [4.69, 9.17) is 14.0 Å². The van der Waals surface area contributed by atoms with E-state index >= 15 is 0 Å². The molecule has 0 aliphatic heterocycles. The van der Waals surface area contributed by atoms with E-state index in [1.165, 1.54) is 0 Å². The Kier molecular flexibility index (Phi) is 8.36. The summed E-state index contributed by atoms with van der Waals surface area (Å²) in [5.41, 5.74) is 3.18. The first-order valence-electron chi connectivity index (χ1n) is 10.2. The predicted molar refractivity (Wildman–Crippen MR) is 116 cm³/mol. The van der Waals surface area contributed by atoms with Gasteiger partial charge in [-0.3, -0.25) is 4.99 Å². The van der Waals surface area contributed by atoms with Gasteiger partial charge in [-0.2, -0.15) is 0 Å². The second-order valence-corrected chi connectivity index (χ2v) is 7.03. The summed E-state index contributed by atoms with van der Waals surface area (Å²) in [5.74, 6) is 3.38. The highest BCUT2D eigenvalue weighted by Crippen LogP contribution is 2.30. The van der Waals surface area contributed by atoms with E-state index in [0.717, 1.165) is 46.6 Å². The molecule has 0 amide bonds. The summed E-state index contributed by atoms with van der Waals surface area (Å²) >= 11 is 0. The fourth-order valence-corrected chi connectivity index (χ4v) is 3.37. The quantitative estimate of drug-likeness (QED) is 0.485. The molecule has 2 atom stereocenters. The third-order valence-electron chi connectivity index (χ3n) is 4.80. The maximum atomic E-state index is 5.74. The lowest BCUT2D eigenvalue weighted by Crippen LogP contribution is -2.40. The van der Waals surface area contributed by atoms with Crippen molar-refractivity contribution in [3.8, 4) is 11.5 Å². The summed E-state index contributed by atoms with van der Waals surface area (Å²) < 4.78 is 16.7. The summed E-state index contributed by atoms with van der Waals surface area (Å²) in [6, 6.07) is 6.07. The van der Waals surface area contributed by atoms with Crippen molar-refractivity contribution in [2.24, 2.45) is 4.99 Å². The van der Waals surface area contributed by atoms with Gasteiger partial charge in [0.1, 0.15) is 5.76 Å². The molecule has 0 aliphatic carbocycles. The van der Waals surface area contributed by atoms with Crippen LogP contribution in [-0.2, 0) is 0 Å². The Bertz CT molecular complexity index is 797. The van der Waals surface area contributed by atoms with Gasteiger partial charge in [-0.15, -0.1) is 0 Å². The normalized spacial score (nSPS) is 13.7. The minimum absolute atomic E-state index is 0.0467. The molecule has 160 valence electrons. The van der Waals surface area contributed by atoms with Gasteiger partial charge in [0, 0.05) is 25.1 Å². The van der Waals surface area contributed by atoms with Gasteiger partial charge >= 0.3 is 0 Å². The molecule has 2 aromatic rings. The van der Waals surface area contributed by atoms with Crippen LogP contribution >= 0.6 is 0 Å². The first-order valence-corrected chi connectivity index (χ1v) is 10.2. The molecule has 1 aromatic heterocycles. The molecule has 29 heavy (non-hydrogen) atoms.